The SMILES string of the molecule is COC(=O)C(N)C(=O)c1ccc(C)cc1.Cl. The van der Waals surface area contributed by atoms with Crippen LogP contribution in [0, 0.1) is 6.92 Å². The molecule has 0 spiro atoms. The molecular formula is C11H14ClNO3. The van der Waals surface area contributed by atoms with Gasteiger partial charge in [-0.25, -0.2) is 4.79 Å². The minimum Gasteiger partial charge on any atom is -0.468 e. The van der Waals surface area contributed by atoms with Crippen molar-refractivity contribution in [3.05, 3.63) is 35.4 Å². The quantitative estimate of drug-likeness (QED) is 0.490. The van der Waals surface area contributed by atoms with Gasteiger partial charge < -0.3 is 10.5 Å². The molecule has 1 rings (SSSR count). The molecule has 1 aromatic carbocycles. The number of methoxy groups -OCH3 is 1. The smallest absolute Gasteiger partial charge is 0.330 e. The van der Waals surface area contributed by atoms with E-state index in [2.05, 4.69) is 4.74 Å². The van der Waals surface area contributed by atoms with Crippen molar-refractivity contribution in [2.24, 2.45) is 5.73 Å². The maximum atomic E-state index is 11.6. The summed E-state index contributed by atoms with van der Waals surface area (Å²) in [6, 6.07) is 5.62. The number of carbonyl (C=O) groups is 2. The number of nitrogens with two attached hydrogens (primary N) is 1. The van der Waals surface area contributed by atoms with Gasteiger partial charge in [-0.05, 0) is 6.92 Å². The first-order valence-electron chi connectivity index (χ1n) is 4.50. The normalized spacial score (nSPS) is 11.2. The van der Waals surface area contributed by atoms with Crippen LogP contribution in [0.2, 0.25) is 0 Å². The van der Waals surface area contributed by atoms with Crippen molar-refractivity contribution in [2.75, 3.05) is 7.11 Å². The Morgan fingerprint density at radius 3 is 2.19 bits per heavy atom. The van der Waals surface area contributed by atoms with Crippen LogP contribution in [0.1, 0.15) is 15.9 Å². The van der Waals surface area contributed by atoms with Gasteiger partial charge in [-0.15, -0.1) is 12.4 Å². The lowest BCUT2D eigenvalue weighted by Gasteiger charge is -2.07. The Balaban J connectivity index is 0.00000225. The lowest BCUT2D eigenvalue weighted by molar-refractivity contribution is -0.140. The molecule has 16 heavy (non-hydrogen) atoms. The van der Waals surface area contributed by atoms with E-state index in [9.17, 15) is 9.59 Å². The van der Waals surface area contributed by atoms with Crippen molar-refractivity contribution < 1.29 is 14.3 Å². The van der Waals surface area contributed by atoms with Crippen molar-refractivity contribution in [3.63, 3.8) is 0 Å². The van der Waals surface area contributed by atoms with Gasteiger partial charge >= 0.3 is 5.97 Å². The number of hydrogen-bond donors (Lipinski definition) is 1. The number of rotatable bonds is 3. The second-order valence-electron chi connectivity index (χ2n) is 3.23. The summed E-state index contributed by atoms with van der Waals surface area (Å²) in [6.07, 6.45) is 0. The molecule has 4 nitrogen and oxygen atoms in total. The van der Waals surface area contributed by atoms with Gasteiger partial charge in [0.15, 0.2) is 11.8 Å². The molecule has 88 valence electrons. The van der Waals surface area contributed by atoms with Crippen molar-refractivity contribution in [2.45, 2.75) is 13.0 Å². The van der Waals surface area contributed by atoms with Crippen LogP contribution in [0.5, 0.6) is 0 Å². The van der Waals surface area contributed by atoms with Gasteiger partial charge in [-0.3, -0.25) is 4.79 Å². The second kappa shape index (κ2) is 6.25. The molecule has 1 unspecified atom stereocenters. The Labute approximate surface area is 100 Å². The average molecular weight is 244 g/mol. The Hall–Kier alpha value is -1.39. The van der Waals surface area contributed by atoms with E-state index in [1.165, 1.54) is 7.11 Å². The molecule has 0 heterocycles. The van der Waals surface area contributed by atoms with E-state index < -0.39 is 17.8 Å². The van der Waals surface area contributed by atoms with Crippen LogP contribution in [-0.2, 0) is 9.53 Å². The molecule has 0 saturated heterocycles. The summed E-state index contributed by atoms with van der Waals surface area (Å²) in [5.41, 5.74) is 6.87. The molecule has 0 aromatic heterocycles. The summed E-state index contributed by atoms with van der Waals surface area (Å²) in [7, 11) is 1.20. The minimum atomic E-state index is -1.24. The molecule has 1 aromatic rings. The molecule has 0 radical (unpaired) electrons. The Morgan fingerprint density at radius 2 is 1.75 bits per heavy atom. The molecule has 0 aliphatic carbocycles. The number of ketones is 1. The van der Waals surface area contributed by atoms with Crippen LogP contribution in [0.3, 0.4) is 0 Å². The second-order valence-corrected chi connectivity index (χ2v) is 3.23. The molecule has 0 saturated carbocycles. The van der Waals surface area contributed by atoms with Gasteiger partial charge in [-0.1, -0.05) is 29.8 Å². The number of benzene rings is 1. The summed E-state index contributed by atoms with van der Waals surface area (Å²) >= 11 is 0. The lowest BCUT2D eigenvalue weighted by atomic mass is 10.0. The summed E-state index contributed by atoms with van der Waals surface area (Å²) in [5.74, 6) is -1.15. The third kappa shape index (κ3) is 3.32. The molecule has 1 atom stereocenters. The zero-order valence-electron chi connectivity index (χ0n) is 9.10. The maximum absolute atomic E-state index is 11.6. The van der Waals surface area contributed by atoms with Crippen molar-refractivity contribution in [1.82, 2.24) is 0 Å². The van der Waals surface area contributed by atoms with E-state index >= 15 is 0 Å². The summed E-state index contributed by atoms with van der Waals surface area (Å²) < 4.78 is 4.39. The number of ether oxygens (including phenoxy) is 1. The van der Waals surface area contributed by atoms with E-state index in [0.29, 0.717) is 5.56 Å². The number of esters is 1. The molecule has 0 fully saturated rings. The fourth-order valence-electron chi connectivity index (χ4n) is 1.13. The topological polar surface area (TPSA) is 69.4 Å². The number of carbonyl (C=O) groups excluding carboxylic acids is 2. The van der Waals surface area contributed by atoms with Crippen LogP contribution < -0.4 is 5.73 Å². The zero-order valence-corrected chi connectivity index (χ0v) is 9.91. The van der Waals surface area contributed by atoms with Gasteiger partial charge in [0.2, 0.25) is 0 Å². The first kappa shape index (κ1) is 14.6. The van der Waals surface area contributed by atoms with Gasteiger partial charge in [0, 0.05) is 5.56 Å². The van der Waals surface area contributed by atoms with E-state index in [4.69, 9.17) is 5.73 Å². The monoisotopic (exact) mass is 243 g/mol. The van der Waals surface area contributed by atoms with Crippen molar-refractivity contribution >= 4 is 24.2 Å². The number of Topliss-reactive ketones (excluding diaryl/α,β-unsaturated/α-hetero) is 1. The minimum absolute atomic E-state index is 0. The highest BCUT2D eigenvalue weighted by Gasteiger charge is 2.23. The predicted molar refractivity (Wildman–Crippen MR) is 62.7 cm³/mol. The highest BCUT2D eigenvalue weighted by Crippen LogP contribution is 2.06. The Kier molecular flexibility index (Phi) is 5.71. The average Bonchev–Trinajstić information content (AvgIpc) is 2.27. The van der Waals surface area contributed by atoms with Crippen LogP contribution in [0.15, 0.2) is 24.3 Å². The fraction of sp³-hybridized carbons (Fsp3) is 0.273. The molecular weight excluding hydrogens is 230 g/mol. The number of aryl methyl sites for hydroxylation is 1. The number of hydrogen-bond acceptors (Lipinski definition) is 4. The first-order valence-corrected chi connectivity index (χ1v) is 4.50. The van der Waals surface area contributed by atoms with Crippen molar-refractivity contribution in [1.29, 1.82) is 0 Å². The van der Waals surface area contributed by atoms with Gasteiger partial charge in [0.25, 0.3) is 0 Å². The van der Waals surface area contributed by atoms with Crippen LogP contribution >= 0.6 is 12.4 Å². The standard InChI is InChI=1S/C11H13NO3.ClH/c1-7-3-5-8(6-4-7)10(13)9(12)11(14)15-2;/h3-6,9H,12H2,1-2H3;1H. The third-order valence-corrected chi connectivity index (χ3v) is 2.07. The van der Waals surface area contributed by atoms with E-state index in [0.717, 1.165) is 5.56 Å². The van der Waals surface area contributed by atoms with Gasteiger partial charge in [-0.2, -0.15) is 0 Å². The van der Waals surface area contributed by atoms with E-state index in [-0.39, 0.29) is 12.4 Å². The summed E-state index contributed by atoms with van der Waals surface area (Å²) in [6.45, 7) is 1.91. The van der Waals surface area contributed by atoms with Crippen LogP contribution in [0.25, 0.3) is 0 Å². The van der Waals surface area contributed by atoms with Crippen LogP contribution in [-0.4, -0.2) is 24.9 Å². The number of halogens is 1. The van der Waals surface area contributed by atoms with Gasteiger partial charge in [0.1, 0.15) is 0 Å². The van der Waals surface area contributed by atoms with Crippen LogP contribution in [0.4, 0.5) is 0 Å². The molecule has 0 amide bonds. The molecule has 0 aliphatic heterocycles. The first-order chi connectivity index (χ1) is 7.06. The fourth-order valence-corrected chi connectivity index (χ4v) is 1.13. The molecule has 5 heteroatoms. The Bertz CT molecular complexity index is 375. The summed E-state index contributed by atoms with van der Waals surface area (Å²) in [5, 5.41) is 0. The maximum Gasteiger partial charge on any atom is 0.330 e. The molecule has 2 N–H and O–H groups in total. The van der Waals surface area contributed by atoms with Gasteiger partial charge in [0.05, 0.1) is 7.11 Å². The largest absolute Gasteiger partial charge is 0.468 e. The lowest BCUT2D eigenvalue weighted by Crippen LogP contribution is -2.39. The molecule has 0 bridgehead atoms. The third-order valence-electron chi connectivity index (χ3n) is 2.07. The highest BCUT2D eigenvalue weighted by molar-refractivity contribution is 6.11. The van der Waals surface area contributed by atoms with Crippen molar-refractivity contribution in [3.8, 4) is 0 Å². The highest BCUT2D eigenvalue weighted by atomic mass is 35.5. The summed E-state index contributed by atoms with van der Waals surface area (Å²) in [4.78, 5) is 22.7. The van der Waals surface area contributed by atoms with E-state index in [1.807, 2.05) is 6.92 Å². The zero-order chi connectivity index (χ0) is 11.4. The van der Waals surface area contributed by atoms with E-state index in [1.54, 1.807) is 24.3 Å². The predicted octanol–water partition coefficient (Wildman–Crippen LogP) is 1.10. The Morgan fingerprint density at radius 1 is 1.25 bits per heavy atom. The molecule has 0 aliphatic rings.